The Labute approximate surface area is 138 Å². The minimum Gasteiger partial charge on any atom is -0.466 e. The molecular weight excluding hydrogens is 310 g/mol. The summed E-state index contributed by atoms with van der Waals surface area (Å²) in [6.07, 6.45) is -1.39. The van der Waals surface area contributed by atoms with E-state index >= 15 is 0 Å². The van der Waals surface area contributed by atoms with Gasteiger partial charge in [0, 0.05) is 4.91 Å². The fourth-order valence-electron chi connectivity index (χ4n) is 2.12. The van der Waals surface area contributed by atoms with Crippen molar-refractivity contribution in [3.05, 3.63) is 82.2 Å². The minimum atomic E-state index is -1.39. The van der Waals surface area contributed by atoms with E-state index < -0.39 is 24.1 Å². The summed E-state index contributed by atoms with van der Waals surface area (Å²) in [5.74, 6) is -1.51. The van der Waals surface area contributed by atoms with Crippen LogP contribution in [0.5, 0.6) is 0 Å². The number of carbonyl (C=O) groups is 2. The molecule has 0 bridgehead atoms. The van der Waals surface area contributed by atoms with Crippen LogP contribution in [0.1, 0.15) is 22.0 Å². The fourth-order valence-corrected chi connectivity index (χ4v) is 2.12. The molecule has 0 saturated heterocycles. The van der Waals surface area contributed by atoms with Crippen LogP contribution >= 0.6 is 0 Å². The predicted molar refractivity (Wildman–Crippen MR) is 86.0 cm³/mol. The van der Waals surface area contributed by atoms with E-state index in [0.29, 0.717) is 5.56 Å². The average molecular weight is 325 g/mol. The Morgan fingerprint density at radius 2 is 1.62 bits per heavy atom. The van der Waals surface area contributed by atoms with Crippen molar-refractivity contribution in [2.75, 3.05) is 7.11 Å². The molecule has 0 heterocycles. The van der Waals surface area contributed by atoms with E-state index in [4.69, 9.17) is 15.0 Å². The molecule has 0 aliphatic heterocycles. The molecule has 0 N–H and O–H groups in total. The van der Waals surface area contributed by atoms with Gasteiger partial charge in [-0.1, -0.05) is 53.6 Å². The Morgan fingerprint density at radius 1 is 1.04 bits per heavy atom. The molecule has 0 radical (unpaired) electrons. The molecule has 7 nitrogen and oxygen atoms in total. The number of nitrogens with zero attached hydrogens (tertiary/aromatic N) is 3. The molecule has 0 fully saturated rings. The van der Waals surface area contributed by atoms with Crippen LogP contribution < -0.4 is 0 Å². The van der Waals surface area contributed by atoms with Crippen LogP contribution in [0.25, 0.3) is 10.4 Å². The molecule has 24 heavy (non-hydrogen) atoms. The lowest BCUT2D eigenvalue weighted by Gasteiger charge is -2.22. The van der Waals surface area contributed by atoms with Gasteiger partial charge >= 0.3 is 11.9 Å². The normalized spacial score (nSPS) is 12.4. The second kappa shape index (κ2) is 8.36. The minimum absolute atomic E-state index is 0.277. The zero-order valence-electron chi connectivity index (χ0n) is 12.9. The van der Waals surface area contributed by atoms with Gasteiger partial charge in [-0.15, -0.1) is 0 Å². The largest absolute Gasteiger partial charge is 0.466 e. The van der Waals surface area contributed by atoms with Gasteiger partial charge in [0.1, 0.15) is 6.04 Å². The van der Waals surface area contributed by atoms with Crippen LogP contribution in [0.15, 0.2) is 65.8 Å². The summed E-state index contributed by atoms with van der Waals surface area (Å²) in [4.78, 5) is 27.1. The topological polar surface area (TPSA) is 101 Å². The molecule has 0 amide bonds. The lowest BCUT2D eigenvalue weighted by molar-refractivity contribution is -0.152. The van der Waals surface area contributed by atoms with Gasteiger partial charge in [-0.25, -0.2) is 9.59 Å². The van der Waals surface area contributed by atoms with Crippen molar-refractivity contribution in [3.8, 4) is 0 Å². The molecule has 0 aromatic heterocycles. The maximum absolute atomic E-state index is 12.3. The molecule has 2 atom stereocenters. The van der Waals surface area contributed by atoms with Gasteiger partial charge < -0.3 is 9.47 Å². The monoisotopic (exact) mass is 325 g/mol. The fraction of sp³-hybridized carbons (Fsp3) is 0.176. The maximum Gasteiger partial charge on any atom is 0.347 e. The zero-order valence-corrected chi connectivity index (χ0v) is 12.9. The van der Waals surface area contributed by atoms with E-state index in [0.717, 1.165) is 0 Å². The lowest BCUT2D eigenvalue weighted by Crippen LogP contribution is -2.33. The number of carbonyl (C=O) groups excluding carboxylic acids is 2. The molecule has 2 unspecified atom stereocenters. The summed E-state index contributed by atoms with van der Waals surface area (Å²) in [5.41, 5.74) is 9.63. The quantitative estimate of drug-likeness (QED) is 0.351. The van der Waals surface area contributed by atoms with Crippen molar-refractivity contribution in [1.82, 2.24) is 0 Å². The van der Waals surface area contributed by atoms with Gasteiger partial charge in [-0.2, -0.15) is 0 Å². The molecule has 2 aromatic carbocycles. The SMILES string of the molecule is COC(=O)C(OC(=O)c1ccccc1)C(N=[N+]=[N-])c1ccccc1. The third-order valence-corrected chi connectivity index (χ3v) is 3.28. The number of azide groups is 1. The average Bonchev–Trinajstić information content (AvgIpc) is 2.65. The Morgan fingerprint density at radius 3 is 2.17 bits per heavy atom. The van der Waals surface area contributed by atoms with Crippen LogP contribution in [-0.2, 0) is 14.3 Å². The predicted octanol–water partition coefficient (Wildman–Crippen LogP) is 3.44. The second-order valence-corrected chi connectivity index (χ2v) is 4.78. The molecule has 2 aromatic rings. The molecule has 0 saturated carbocycles. The van der Waals surface area contributed by atoms with E-state index in [-0.39, 0.29) is 5.56 Å². The number of esters is 2. The van der Waals surface area contributed by atoms with Crippen LogP contribution in [0, 0.1) is 0 Å². The van der Waals surface area contributed by atoms with Crippen LogP contribution in [-0.4, -0.2) is 25.2 Å². The summed E-state index contributed by atoms with van der Waals surface area (Å²) in [6.45, 7) is 0. The number of hydrogen-bond acceptors (Lipinski definition) is 5. The van der Waals surface area contributed by atoms with Gasteiger partial charge in [0.2, 0.25) is 6.10 Å². The van der Waals surface area contributed by atoms with Gasteiger partial charge in [-0.3, -0.25) is 0 Å². The van der Waals surface area contributed by atoms with Crippen LogP contribution in [0.3, 0.4) is 0 Å². The van der Waals surface area contributed by atoms with E-state index in [2.05, 4.69) is 10.0 Å². The summed E-state index contributed by atoms with van der Waals surface area (Å²) >= 11 is 0. The third-order valence-electron chi connectivity index (χ3n) is 3.28. The van der Waals surface area contributed by atoms with E-state index in [1.807, 2.05) is 0 Å². The maximum atomic E-state index is 12.3. The standard InChI is InChI=1S/C17H15N3O4/c1-23-17(22)15(24-16(21)13-10-6-3-7-11-13)14(19-20-18)12-8-4-2-5-9-12/h2-11,14-15H,1H3. The van der Waals surface area contributed by atoms with Gasteiger partial charge in [0.15, 0.2) is 0 Å². The summed E-state index contributed by atoms with van der Waals surface area (Å²) in [5, 5.41) is 3.61. The third kappa shape index (κ3) is 4.12. The highest BCUT2D eigenvalue weighted by molar-refractivity contribution is 5.91. The highest BCUT2D eigenvalue weighted by Gasteiger charge is 2.34. The van der Waals surface area contributed by atoms with Gasteiger partial charge in [0.25, 0.3) is 0 Å². The van der Waals surface area contributed by atoms with Crippen molar-refractivity contribution >= 4 is 11.9 Å². The molecule has 0 aliphatic carbocycles. The highest BCUT2D eigenvalue weighted by atomic mass is 16.6. The van der Waals surface area contributed by atoms with Crippen molar-refractivity contribution in [1.29, 1.82) is 0 Å². The number of ether oxygens (including phenoxy) is 2. The molecular formula is C17H15N3O4. The lowest BCUT2D eigenvalue weighted by atomic mass is 10.0. The van der Waals surface area contributed by atoms with Crippen molar-refractivity contribution in [3.63, 3.8) is 0 Å². The Bertz CT molecular complexity index is 743. The Kier molecular flexibility index (Phi) is 5.94. The van der Waals surface area contributed by atoms with Crippen molar-refractivity contribution in [2.24, 2.45) is 5.11 Å². The smallest absolute Gasteiger partial charge is 0.347 e. The summed E-state index contributed by atoms with van der Waals surface area (Å²) in [7, 11) is 1.17. The van der Waals surface area contributed by atoms with E-state index in [1.165, 1.54) is 7.11 Å². The highest BCUT2D eigenvalue weighted by Crippen LogP contribution is 2.25. The second-order valence-electron chi connectivity index (χ2n) is 4.78. The number of hydrogen-bond donors (Lipinski definition) is 0. The Hall–Kier alpha value is -3.31. The first kappa shape index (κ1) is 17.1. The number of rotatable bonds is 6. The first-order valence-corrected chi connectivity index (χ1v) is 7.10. The van der Waals surface area contributed by atoms with Crippen molar-refractivity contribution in [2.45, 2.75) is 12.1 Å². The van der Waals surface area contributed by atoms with E-state index in [1.54, 1.807) is 60.7 Å². The van der Waals surface area contributed by atoms with Gasteiger partial charge in [-0.05, 0) is 23.2 Å². The van der Waals surface area contributed by atoms with Crippen molar-refractivity contribution < 1.29 is 19.1 Å². The molecule has 0 aliphatic rings. The summed E-state index contributed by atoms with van der Waals surface area (Å²) in [6, 6.07) is 15.8. The number of benzene rings is 2. The molecule has 0 spiro atoms. The molecule has 122 valence electrons. The summed E-state index contributed by atoms with van der Waals surface area (Å²) < 4.78 is 9.98. The zero-order chi connectivity index (χ0) is 17.4. The van der Waals surface area contributed by atoms with Crippen LogP contribution in [0.2, 0.25) is 0 Å². The molecule has 2 rings (SSSR count). The van der Waals surface area contributed by atoms with E-state index in [9.17, 15) is 9.59 Å². The Balaban J connectivity index is 2.34. The first-order valence-electron chi connectivity index (χ1n) is 7.10. The van der Waals surface area contributed by atoms with Crippen LogP contribution in [0.4, 0.5) is 0 Å². The number of methoxy groups -OCH3 is 1. The molecule has 7 heteroatoms. The van der Waals surface area contributed by atoms with Gasteiger partial charge in [0.05, 0.1) is 12.7 Å². The first-order chi connectivity index (χ1) is 11.7.